The van der Waals surface area contributed by atoms with Crippen molar-refractivity contribution in [2.24, 2.45) is 22.2 Å². The monoisotopic (exact) mass is 304 g/mol. The molecule has 0 radical (unpaired) electrons. The molecule has 1 heterocycles. The number of carbonyl (C=O) groups excluding carboxylic acids is 2. The average molecular weight is 304 g/mol. The number of hydrogen-bond donors (Lipinski definition) is 1. The summed E-state index contributed by atoms with van der Waals surface area (Å²) in [5.41, 5.74) is -1.15. The van der Waals surface area contributed by atoms with Gasteiger partial charge < -0.3 is 5.11 Å². The van der Waals surface area contributed by atoms with Gasteiger partial charge in [0.15, 0.2) is 0 Å². The van der Waals surface area contributed by atoms with Crippen molar-refractivity contribution in [1.82, 2.24) is 5.32 Å². The normalized spacial score (nSPS) is 23.4. The molecule has 0 aliphatic carbocycles. The number of aliphatic imine (C=N–C) groups is 1. The molecule has 0 aromatic rings. The number of carbonyl (C=O) groups is 2. The number of nitrogens with one attached hydrogen (secondary N) is 1. The van der Waals surface area contributed by atoms with Gasteiger partial charge in [-0.15, -0.1) is 0 Å². The van der Waals surface area contributed by atoms with Crippen molar-refractivity contribution < 1.29 is 44.3 Å². The van der Waals surface area contributed by atoms with Crippen LogP contribution in [0, 0.1) is 17.3 Å². The van der Waals surface area contributed by atoms with Crippen LogP contribution >= 0.6 is 0 Å². The van der Waals surface area contributed by atoms with Gasteiger partial charge in [-0.25, -0.2) is 9.79 Å². The zero-order chi connectivity index (χ0) is 15.3. The number of imide groups is 1. The first kappa shape index (κ1) is 20.6. The molecule has 2 atom stereocenters. The number of nitrogens with zero attached hydrogens (tertiary/aromatic N) is 1. The molecule has 3 amide bonds. The van der Waals surface area contributed by atoms with E-state index in [2.05, 4.69) is 31.1 Å². The molecule has 0 spiro atoms. The molecule has 1 N–H and O–H groups in total. The van der Waals surface area contributed by atoms with Crippen LogP contribution in [-0.2, 0) is 4.79 Å². The molecule has 1 aliphatic rings. The fourth-order valence-corrected chi connectivity index (χ4v) is 2.69. The Bertz CT molecular complexity index is 410. The van der Waals surface area contributed by atoms with Crippen molar-refractivity contribution in [3.8, 4) is 0 Å². The molecular formula is C15H25N2NaO3. The maximum Gasteiger partial charge on any atom is 1.00 e. The van der Waals surface area contributed by atoms with Gasteiger partial charge in [0.25, 0.3) is 0 Å². The molecule has 2 unspecified atom stereocenters. The fourth-order valence-electron chi connectivity index (χ4n) is 2.69. The van der Waals surface area contributed by atoms with E-state index in [1.54, 1.807) is 6.92 Å². The van der Waals surface area contributed by atoms with Gasteiger partial charge in [-0.1, -0.05) is 47.0 Å². The van der Waals surface area contributed by atoms with Crippen molar-refractivity contribution in [2.75, 3.05) is 0 Å². The van der Waals surface area contributed by atoms with Crippen LogP contribution in [0.5, 0.6) is 0 Å². The van der Waals surface area contributed by atoms with Crippen LogP contribution in [0.25, 0.3) is 0 Å². The molecule has 114 valence electrons. The molecule has 0 bridgehead atoms. The number of amides is 3. The Morgan fingerprint density at radius 3 is 2.29 bits per heavy atom. The Labute approximate surface area is 149 Å². The van der Waals surface area contributed by atoms with E-state index < -0.39 is 23.3 Å². The van der Waals surface area contributed by atoms with Crippen LogP contribution < -0.4 is 40.0 Å². The SMILES string of the molecule is CCC(CCC(C)C)CC1(CC)C(=O)NC(=O)N=C1[O-].[Na+]. The molecule has 6 heteroatoms. The Kier molecular flexibility index (Phi) is 8.74. The summed E-state index contributed by atoms with van der Waals surface area (Å²) >= 11 is 0. The van der Waals surface area contributed by atoms with E-state index in [1.165, 1.54) is 0 Å². The van der Waals surface area contributed by atoms with Crippen LogP contribution in [0.3, 0.4) is 0 Å². The molecule has 0 aromatic carbocycles. The van der Waals surface area contributed by atoms with Crippen molar-refractivity contribution in [3.05, 3.63) is 0 Å². The predicted octanol–water partition coefficient (Wildman–Crippen LogP) is -0.752. The summed E-state index contributed by atoms with van der Waals surface area (Å²) in [5.74, 6) is -0.149. The maximum absolute atomic E-state index is 12.1. The van der Waals surface area contributed by atoms with Gasteiger partial charge in [0, 0.05) is 0 Å². The van der Waals surface area contributed by atoms with E-state index in [0.717, 1.165) is 19.3 Å². The second kappa shape index (κ2) is 8.91. The van der Waals surface area contributed by atoms with Crippen molar-refractivity contribution >= 4 is 17.8 Å². The Hall–Kier alpha value is -0.390. The van der Waals surface area contributed by atoms with Gasteiger partial charge in [-0.2, -0.15) is 0 Å². The molecular weight excluding hydrogens is 279 g/mol. The van der Waals surface area contributed by atoms with E-state index >= 15 is 0 Å². The second-order valence-electron chi connectivity index (χ2n) is 6.06. The molecule has 0 aromatic heterocycles. The second-order valence-corrected chi connectivity index (χ2v) is 6.06. The van der Waals surface area contributed by atoms with E-state index in [4.69, 9.17) is 0 Å². The minimum atomic E-state index is -1.15. The van der Waals surface area contributed by atoms with Gasteiger partial charge >= 0.3 is 35.6 Å². The molecule has 1 aliphatic heterocycles. The van der Waals surface area contributed by atoms with Crippen LogP contribution in [0.4, 0.5) is 4.79 Å². The first-order valence-electron chi connectivity index (χ1n) is 7.47. The standard InChI is InChI=1S/C15H26N2O3.Na/c1-5-11(8-7-10(3)4)9-15(6-2)12(18)16-14(20)17-13(15)19;/h10-11H,5-9H2,1-4H3,(H2,16,17,18,19,20);/q;+1/p-1. The Balaban J connectivity index is 0.00000400. The molecule has 5 nitrogen and oxygen atoms in total. The third-order valence-corrected chi connectivity index (χ3v) is 4.24. The molecule has 0 fully saturated rings. The maximum atomic E-state index is 12.1. The summed E-state index contributed by atoms with van der Waals surface area (Å²) in [6.07, 6.45) is 3.85. The summed E-state index contributed by atoms with van der Waals surface area (Å²) in [6, 6.07) is -0.834. The summed E-state index contributed by atoms with van der Waals surface area (Å²) in [6.45, 7) is 8.20. The summed E-state index contributed by atoms with van der Waals surface area (Å²) in [7, 11) is 0. The van der Waals surface area contributed by atoms with Crippen LogP contribution in [0.2, 0.25) is 0 Å². The van der Waals surface area contributed by atoms with Gasteiger partial charge in [0.2, 0.25) is 5.91 Å². The van der Waals surface area contributed by atoms with E-state index in [0.29, 0.717) is 24.7 Å². The van der Waals surface area contributed by atoms with E-state index in [9.17, 15) is 14.7 Å². The quantitative estimate of drug-likeness (QED) is 0.628. The van der Waals surface area contributed by atoms with Gasteiger partial charge in [-0.05, 0) is 30.6 Å². The first-order chi connectivity index (χ1) is 9.35. The van der Waals surface area contributed by atoms with Crippen molar-refractivity contribution in [1.29, 1.82) is 0 Å². The molecule has 21 heavy (non-hydrogen) atoms. The van der Waals surface area contributed by atoms with Gasteiger partial charge in [0.05, 0.1) is 5.41 Å². The van der Waals surface area contributed by atoms with E-state index in [1.807, 2.05) is 0 Å². The Morgan fingerprint density at radius 2 is 1.86 bits per heavy atom. The third kappa shape index (κ3) is 5.08. The minimum Gasteiger partial charge on any atom is -0.861 e. The first-order valence-corrected chi connectivity index (χ1v) is 7.47. The smallest absolute Gasteiger partial charge is 0.861 e. The summed E-state index contributed by atoms with van der Waals surface area (Å²) < 4.78 is 0. The van der Waals surface area contributed by atoms with Crippen LogP contribution in [0.15, 0.2) is 4.99 Å². The average Bonchev–Trinajstić information content (AvgIpc) is 2.37. The summed E-state index contributed by atoms with van der Waals surface area (Å²) in [5, 5.41) is 14.3. The van der Waals surface area contributed by atoms with Gasteiger partial charge in [-0.3, -0.25) is 10.1 Å². The number of rotatable bonds is 7. The number of urea groups is 1. The zero-order valence-corrected chi connectivity index (χ0v) is 15.9. The van der Waals surface area contributed by atoms with Crippen LogP contribution in [0.1, 0.15) is 59.8 Å². The van der Waals surface area contributed by atoms with Crippen LogP contribution in [-0.4, -0.2) is 17.8 Å². The van der Waals surface area contributed by atoms with Crippen molar-refractivity contribution in [3.63, 3.8) is 0 Å². The fraction of sp³-hybridized carbons (Fsp3) is 0.800. The molecule has 1 rings (SSSR count). The van der Waals surface area contributed by atoms with Crippen molar-refractivity contribution in [2.45, 2.75) is 59.8 Å². The molecule has 0 saturated carbocycles. The van der Waals surface area contributed by atoms with E-state index in [-0.39, 0.29) is 29.6 Å². The Morgan fingerprint density at radius 1 is 1.24 bits per heavy atom. The minimum absolute atomic E-state index is 0. The summed E-state index contributed by atoms with van der Waals surface area (Å²) in [4.78, 5) is 26.7. The molecule has 0 saturated heterocycles. The number of hydrogen-bond acceptors (Lipinski definition) is 3. The zero-order valence-electron chi connectivity index (χ0n) is 13.9. The predicted molar refractivity (Wildman–Crippen MR) is 76.2 cm³/mol. The third-order valence-electron chi connectivity index (χ3n) is 4.24. The topological polar surface area (TPSA) is 81.6 Å². The van der Waals surface area contributed by atoms with Gasteiger partial charge in [0.1, 0.15) is 0 Å². The largest absolute Gasteiger partial charge is 1.00 e.